The molecule has 0 spiro atoms. The van der Waals surface area contributed by atoms with Crippen LogP contribution in [-0.2, 0) is 9.59 Å². The van der Waals surface area contributed by atoms with Gasteiger partial charge < -0.3 is 19.8 Å². The molecule has 1 saturated heterocycles. The van der Waals surface area contributed by atoms with Crippen molar-refractivity contribution in [2.45, 2.75) is 45.4 Å². The molecule has 9 heteroatoms. The van der Waals surface area contributed by atoms with E-state index in [2.05, 4.69) is 17.3 Å². The van der Waals surface area contributed by atoms with E-state index >= 15 is 0 Å². The predicted molar refractivity (Wildman–Crippen MR) is 132 cm³/mol. The van der Waals surface area contributed by atoms with E-state index in [-0.39, 0.29) is 11.3 Å². The lowest BCUT2D eigenvalue weighted by atomic mass is 9.73. The van der Waals surface area contributed by atoms with Crippen LogP contribution in [0, 0.1) is 42.0 Å². The van der Waals surface area contributed by atoms with Crippen LogP contribution in [0.1, 0.15) is 54.4 Å². The van der Waals surface area contributed by atoms with E-state index < -0.39 is 29.2 Å². The molecular formula is C27H34F4N2O3. The molecule has 0 radical (unpaired) electrons. The molecule has 2 aliphatic rings. The fourth-order valence-corrected chi connectivity index (χ4v) is 4.35. The van der Waals surface area contributed by atoms with Gasteiger partial charge in [0.1, 0.15) is 19.4 Å². The summed E-state index contributed by atoms with van der Waals surface area (Å²) in [6.07, 6.45) is 9.01. The molecule has 5 nitrogen and oxygen atoms in total. The highest BCUT2D eigenvalue weighted by atomic mass is 19.2. The molecule has 2 aromatic carbocycles. The Hall–Kier alpha value is -3.07. The third kappa shape index (κ3) is 9.53. The van der Waals surface area contributed by atoms with Crippen molar-refractivity contribution in [3.8, 4) is 0 Å². The molecule has 1 atom stereocenters. The van der Waals surface area contributed by atoms with Crippen molar-refractivity contribution in [1.29, 1.82) is 0 Å². The highest BCUT2D eigenvalue weighted by Crippen LogP contribution is 2.38. The van der Waals surface area contributed by atoms with E-state index in [0.29, 0.717) is 17.7 Å². The van der Waals surface area contributed by atoms with Crippen LogP contribution >= 0.6 is 0 Å². The van der Waals surface area contributed by atoms with Gasteiger partial charge in [-0.3, -0.25) is 4.79 Å². The van der Waals surface area contributed by atoms with Crippen LogP contribution in [0.25, 0.3) is 0 Å². The van der Waals surface area contributed by atoms with Gasteiger partial charge in [-0.15, -0.1) is 0 Å². The Bertz CT molecular complexity index is 940. The normalized spacial score (nSPS) is 17.4. The van der Waals surface area contributed by atoms with Crippen LogP contribution in [0.4, 0.5) is 23.2 Å². The van der Waals surface area contributed by atoms with Crippen molar-refractivity contribution in [1.82, 2.24) is 4.90 Å². The average molecular weight is 511 g/mol. The number of likely N-dealkylation sites (tertiary alicyclic amines) is 1. The van der Waals surface area contributed by atoms with Gasteiger partial charge in [-0.1, -0.05) is 19.3 Å². The minimum absolute atomic E-state index is 0.00681. The SMILES string of the molecule is C=O.C=O.CN1CCCC(C2CCC2)CC1.Cc1cc(F)cc(C(=O)Nc2cc(F)c(F)c(F)c2)c1. The van der Waals surface area contributed by atoms with Crippen molar-refractivity contribution in [3.05, 3.63) is 64.7 Å². The van der Waals surface area contributed by atoms with Gasteiger partial charge in [-0.25, -0.2) is 17.6 Å². The van der Waals surface area contributed by atoms with E-state index in [1.165, 1.54) is 63.7 Å². The van der Waals surface area contributed by atoms with Crippen LogP contribution in [0.15, 0.2) is 30.3 Å². The van der Waals surface area contributed by atoms with Crippen LogP contribution < -0.4 is 5.32 Å². The van der Waals surface area contributed by atoms with E-state index in [0.717, 1.165) is 17.9 Å². The second kappa shape index (κ2) is 15.8. The smallest absolute Gasteiger partial charge is 0.255 e. The number of amides is 1. The van der Waals surface area contributed by atoms with Crippen LogP contribution in [0.5, 0.6) is 0 Å². The van der Waals surface area contributed by atoms with Gasteiger partial charge in [0, 0.05) is 23.4 Å². The topological polar surface area (TPSA) is 66.5 Å². The average Bonchev–Trinajstić information content (AvgIpc) is 3.03. The Morgan fingerprint density at radius 1 is 0.833 bits per heavy atom. The fraction of sp³-hybridized carbons (Fsp3) is 0.444. The molecule has 198 valence electrons. The zero-order valence-electron chi connectivity index (χ0n) is 20.8. The highest BCUT2D eigenvalue weighted by molar-refractivity contribution is 6.04. The third-order valence-electron chi connectivity index (χ3n) is 6.36. The monoisotopic (exact) mass is 510 g/mol. The second-order valence-corrected chi connectivity index (χ2v) is 8.91. The van der Waals surface area contributed by atoms with Crippen LogP contribution in [-0.4, -0.2) is 44.5 Å². The van der Waals surface area contributed by atoms with Crippen LogP contribution in [0.2, 0.25) is 0 Å². The number of rotatable bonds is 3. The third-order valence-corrected chi connectivity index (χ3v) is 6.36. The van der Waals surface area contributed by atoms with Gasteiger partial charge in [0.15, 0.2) is 17.5 Å². The maximum atomic E-state index is 13.2. The van der Waals surface area contributed by atoms with Crippen molar-refractivity contribution in [2.24, 2.45) is 11.8 Å². The molecular weight excluding hydrogens is 476 g/mol. The number of halogens is 4. The van der Waals surface area contributed by atoms with Gasteiger partial charge in [0.05, 0.1) is 0 Å². The zero-order valence-corrected chi connectivity index (χ0v) is 20.8. The largest absolute Gasteiger partial charge is 0.322 e. The summed E-state index contributed by atoms with van der Waals surface area (Å²) in [7, 11) is 2.27. The van der Waals surface area contributed by atoms with E-state index in [1.54, 1.807) is 6.92 Å². The molecule has 0 bridgehead atoms. The predicted octanol–water partition coefficient (Wildman–Crippen LogP) is 5.95. The minimum Gasteiger partial charge on any atom is -0.322 e. The van der Waals surface area contributed by atoms with Gasteiger partial charge in [-0.05, 0) is 81.9 Å². The number of benzene rings is 2. The molecule has 0 aromatic heterocycles. The molecule has 1 N–H and O–H groups in total. The van der Waals surface area contributed by atoms with E-state index in [9.17, 15) is 22.4 Å². The maximum Gasteiger partial charge on any atom is 0.255 e. The number of anilines is 1. The molecule has 1 aliphatic carbocycles. The van der Waals surface area contributed by atoms with E-state index in [4.69, 9.17) is 9.59 Å². The van der Waals surface area contributed by atoms with Gasteiger partial charge in [0.2, 0.25) is 0 Å². The first-order valence-corrected chi connectivity index (χ1v) is 11.7. The Morgan fingerprint density at radius 3 is 1.92 bits per heavy atom. The number of aryl methyl sites for hydroxylation is 1. The summed E-state index contributed by atoms with van der Waals surface area (Å²) in [5, 5.41) is 2.17. The Labute approximate surface area is 209 Å². The standard InChI is InChI=1S/C14H9F4NO.C11H21N.2CH2O/c1-7-2-8(4-9(15)3-7)14(20)19-10-5-11(16)13(18)12(17)6-10;1-12-8-3-6-11(7-9-12)10-4-2-5-10;2*1-2/h2-6H,1H3,(H,19,20);10-11H,2-9H2,1H3;2*1H2. The Balaban J connectivity index is 0.000000344. The molecule has 1 saturated carbocycles. The quantitative estimate of drug-likeness (QED) is 0.409. The number of hydrogen-bond donors (Lipinski definition) is 1. The van der Waals surface area contributed by atoms with Crippen molar-refractivity contribution < 1.29 is 31.9 Å². The molecule has 1 aliphatic heterocycles. The highest BCUT2D eigenvalue weighted by Gasteiger charge is 2.28. The molecule has 1 unspecified atom stereocenters. The fourth-order valence-electron chi connectivity index (χ4n) is 4.35. The lowest BCUT2D eigenvalue weighted by Crippen LogP contribution is -2.23. The summed E-state index contributed by atoms with van der Waals surface area (Å²) < 4.78 is 51.9. The number of carbonyl (C=O) groups is 3. The van der Waals surface area contributed by atoms with Gasteiger partial charge in [0.25, 0.3) is 5.91 Å². The first kappa shape index (κ1) is 31.0. The summed E-state index contributed by atoms with van der Waals surface area (Å²) in [4.78, 5) is 30.3. The Kier molecular flexibility index (Phi) is 13.6. The van der Waals surface area contributed by atoms with Crippen molar-refractivity contribution in [3.63, 3.8) is 0 Å². The number of carbonyl (C=O) groups excluding carboxylic acids is 3. The molecule has 36 heavy (non-hydrogen) atoms. The van der Waals surface area contributed by atoms with Gasteiger partial charge >= 0.3 is 0 Å². The minimum atomic E-state index is -1.62. The summed E-state index contributed by atoms with van der Waals surface area (Å²) in [6, 6.07) is 4.91. The van der Waals surface area contributed by atoms with E-state index in [1.807, 2.05) is 13.6 Å². The zero-order chi connectivity index (χ0) is 27.3. The summed E-state index contributed by atoms with van der Waals surface area (Å²) in [6.45, 7) is 8.28. The van der Waals surface area contributed by atoms with Crippen molar-refractivity contribution in [2.75, 3.05) is 25.5 Å². The number of nitrogens with one attached hydrogen (secondary N) is 1. The molecule has 2 fully saturated rings. The lowest BCUT2D eigenvalue weighted by Gasteiger charge is -2.33. The molecule has 4 rings (SSSR count). The molecule has 1 amide bonds. The summed E-state index contributed by atoms with van der Waals surface area (Å²) in [5.41, 5.74) is 0.257. The van der Waals surface area contributed by atoms with Crippen LogP contribution in [0.3, 0.4) is 0 Å². The van der Waals surface area contributed by atoms with Crippen molar-refractivity contribution >= 4 is 25.2 Å². The Morgan fingerprint density at radius 2 is 1.39 bits per heavy atom. The molecule has 2 aromatic rings. The summed E-state index contributed by atoms with van der Waals surface area (Å²) in [5.74, 6) is -3.61. The number of hydrogen-bond acceptors (Lipinski definition) is 4. The first-order chi connectivity index (χ1) is 17.2. The van der Waals surface area contributed by atoms with Gasteiger partial charge in [-0.2, -0.15) is 0 Å². The number of nitrogens with zero attached hydrogens (tertiary/aromatic N) is 1. The first-order valence-electron chi connectivity index (χ1n) is 11.7. The lowest BCUT2D eigenvalue weighted by molar-refractivity contribution is -0.0987. The maximum absolute atomic E-state index is 13.2. The summed E-state index contributed by atoms with van der Waals surface area (Å²) >= 11 is 0. The second-order valence-electron chi connectivity index (χ2n) is 8.91. The molecule has 1 heterocycles.